The number of nitrogens with one attached hydrogen (secondary N) is 1. The maximum absolute atomic E-state index is 4.62. The van der Waals surface area contributed by atoms with E-state index in [1.807, 2.05) is 11.7 Å². The second-order valence-electron chi connectivity index (χ2n) is 7.56. The van der Waals surface area contributed by atoms with Gasteiger partial charge in [-0.15, -0.1) is 0 Å². The van der Waals surface area contributed by atoms with Gasteiger partial charge in [-0.1, -0.05) is 20.8 Å². The van der Waals surface area contributed by atoms with Gasteiger partial charge in [0, 0.05) is 24.2 Å². The van der Waals surface area contributed by atoms with Crippen molar-refractivity contribution in [3.8, 4) is 0 Å². The summed E-state index contributed by atoms with van der Waals surface area (Å²) in [7, 11) is 2.01. The lowest BCUT2D eigenvalue weighted by atomic mass is 9.88. The molecule has 0 spiro atoms. The molecule has 0 unspecified atom stereocenters. The Morgan fingerprint density at radius 1 is 1.11 bits per heavy atom. The molecule has 0 aliphatic rings. The van der Waals surface area contributed by atoms with E-state index in [1.165, 1.54) is 24.1 Å². The zero-order valence-electron chi connectivity index (χ0n) is 13.8. The molecule has 3 heteroatoms. The van der Waals surface area contributed by atoms with Crippen molar-refractivity contribution in [3.63, 3.8) is 0 Å². The normalized spacial score (nSPS) is 13.0. The molecular weight excluding hydrogens is 234 g/mol. The minimum Gasteiger partial charge on any atom is -0.312 e. The van der Waals surface area contributed by atoms with Crippen LogP contribution in [0.1, 0.15) is 65.6 Å². The first kappa shape index (κ1) is 16.2. The Bertz CT molecular complexity index is 391. The van der Waals surface area contributed by atoms with Crippen LogP contribution in [0.3, 0.4) is 0 Å². The third-order valence-corrected chi connectivity index (χ3v) is 3.14. The highest BCUT2D eigenvalue weighted by atomic mass is 15.3. The molecule has 0 saturated carbocycles. The summed E-state index contributed by atoms with van der Waals surface area (Å²) in [6.45, 7) is 14.4. The molecule has 1 aromatic rings. The van der Waals surface area contributed by atoms with E-state index in [-0.39, 0.29) is 11.0 Å². The largest absolute Gasteiger partial charge is 0.312 e. The van der Waals surface area contributed by atoms with Gasteiger partial charge < -0.3 is 5.32 Å². The molecule has 0 aliphatic carbocycles. The van der Waals surface area contributed by atoms with Crippen molar-refractivity contribution in [3.05, 3.63) is 17.5 Å². The van der Waals surface area contributed by atoms with Crippen molar-refractivity contribution >= 4 is 0 Å². The first-order valence-electron chi connectivity index (χ1n) is 7.37. The summed E-state index contributed by atoms with van der Waals surface area (Å²) < 4.78 is 1.95. The van der Waals surface area contributed by atoms with Gasteiger partial charge in [0.15, 0.2) is 0 Å². The summed E-state index contributed by atoms with van der Waals surface area (Å²) in [5.41, 5.74) is 3.02. The van der Waals surface area contributed by atoms with Gasteiger partial charge in [-0.3, -0.25) is 4.68 Å². The van der Waals surface area contributed by atoms with Crippen LogP contribution in [0.5, 0.6) is 0 Å². The molecule has 0 aliphatic heterocycles. The van der Waals surface area contributed by atoms with Gasteiger partial charge in [-0.25, -0.2) is 0 Å². The second-order valence-corrected chi connectivity index (χ2v) is 7.56. The number of hydrogen-bond donors (Lipinski definition) is 1. The van der Waals surface area contributed by atoms with Crippen LogP contribution >= 0.6 is 0 Å². The maximum atomic E-state index is 4.62. The number of aryl methyl sites for hydroxylation is 2. The molecule has 110 valence electrons. The quantitative estimate of drug-likeness (QED) is 0.827. The van der Waals surface area contributed by atoms with Gasteiger partial charge >= 0.3 is 0 Å². The lowest BCUT2D eigenvalue weighted by Gasteiger charge is -2.20. The van der Waals surface area contributed by atoms with Crippen molar-refractivity contribution in [2.75, 3.05) is 6.54 Å². The maximum Gasteiger partial charge on any atom is 0.0709 e. The first-order chi connectivity index (χ1) is 8.59. The summed E-state index contributed by atoms with van der Waals surface area (Å²) in [5, 5.41) is 8.16. The minimum absolute atomic E-state index is 0.139. The van der Waals surface area contributed by atoms with Crippen molar-refractivity contribution in [1.29, 1.82) is 0 Å². The average Bonchev–Trinajstić information content (AvgIpc) is 2.57. The number of hydrogen-bond acceptors (Lipinski definition) is 2. The molecule has 0 fully saturated rings. The Morgan fingerprint density at radius 3 is 2.26 bits per heavy atom. The van der Waals surface area contributed by atoms with Gasteiger partial charge in [-0.2, -0.15) is 5.10 Å². The van der Waals surface area contributed by atoms with Crippen LogP contribution in [0.15, 0.2) is 6.20 Å². The molecule has 1 aromatic heterocycles. The topological polar surface area (TPSA) is 29.9 Å². The Labute approximate surface area is 118 Å². The van der Waals surface area contributed by atoms with Crippen molar-refractivity contribution in [1.82, 2.24) is 15.1 Å². The van der Waals surface area contributed by atoms with Gasteiger partial charge in [0.25, 0.3) is 0 Å². The third-order valence-electron chi connectivity index (χ3n) is 3.14. The van der Waals surface area contributed by atoms with E-state index in [1.54, 1.807) is 0 Å². The van der Waals surface area contributed by atoms with Crippen molar-refractivity contribution in [2.45, 2.75) is 71.8 Å². The van der Waals surface area contributed by atoms with Crippen LogP contribution in [0.4, 0.5) is 0 Å². The fraction of sp³-hybridized carbons (Fsp3) is 0.812. The van der Waals surface area contributed by atoms with Crippen molar-refractivity contribution in [2.24, 2.45) is 7.05 Å². The Hall–Kier alpha value is -0.830. The van der Waals surface area contributed by atoms with Crippen LogP contribution in [0, 0.1) is 0 Å². The summed E-state index contributed by atoms with van der Waals surface area (Å²) in [6, 6.07) is 0. The van der Waals surface area contributed by atoms with E-state index in [0.717, 1.165) is 13.0 Å². The van der Waals surface area contributed by atoms with E-state index in [2.05, 4.69) is 58.2 Å². The Morgan fingerprint density at radius 2 is 1.74 bits per heavy atom. The zero-order chi connectivity index (χ0) is 14.7. The summed E-state index contributed by atoms with van der Waals surface area (Å²) in [5.74, 6) is 0. The molecule has 0 amide bonds. The Kier molecular flexibility index (Phi) is 5.19. The predicted octanol–water partition coefficient (Wildman–Crippen LogP) is 3.43. The summed E-state index contributed by atoms with van der Waals surface area (Å²) in [6.07, 6.45) is 5.75. The number of rotatable bonds is 5. The fourth-order valence-electron chi connectivity index (χ4n) is 2.26. The molecule has 1 heterocycles. The molecular formula is C16H31N3. The standard InChI is InChI=1S/C16H31N3/c1-15(2,3)14-13(12-19(7)18-14)10-8-9-11-17-16(4,5)6/h12,17H,8-11H2,1-7H3. The van der Waals surface area contributed by atoms with Crippen LogP contribution in [-0.4, -0.2) is 21.9 Å². The van der Waals surface area contributed by atoms with Crippen LogP contribution in [-0.2, 0) is 18.9 Å². The van der Waals surface area contributed by atoms with Crippen molar-refractivity contribution < 1.29 is 0 Å². The van der Waals surface area contributed by atoms with Gasteiger partial charge in [-0.05, 0) is 52.1 Å². The highest BCUT2D eigenvalue weighted by Gasteiger charge is 2.21. The first-order valence-corrected chi connectivity index (χ1v) is 7.37. The molecule has 0 atom stereocenters. The van der Waals surface area contributed by atoms with Gasteiger partial charge in [0.1, 0.15) is 0 Å². The van der Waals surface area contributed by atoms with Gasteiger partial charge in [0.05, 0.1) is 5.69 Å². The van der Waals surface area contributed by atoms with Crippen LogP contribution < -0.4 is 5.32 Å². The van der Waals surface area contributed by atoms with Crippen LogP contribution in [0.2, 0.25) is 0 Å². The number of aromatic nitrogens is 2. The summed E-state index contributed by atoms with van der Waals surface area (Å²) in [4.78, 5) is 0. The highest BCUT2D eigenvalue weighted by Crippen LogP contribution is 2.25. The highest BCUT2D eigenvalue weighted by molar-refractivity contribution is 5.24. The predicted molar refractivity (Wildman–Crippen MR) is 82.6 cm³/mol. The van der Waals surface area contributed by atoms with E-state index in [4.69, 9.17) is 0 Å². The number of unbranched alkanes of at least 4 members (excludes halogenated alkanes) is 1. The average molecular weight is 265 g/mol. The molecule has 1 rings (SSSR count). The van der Waals surface area contributed by atoms with Crippen LogP contribution in [0.25, 0.3) is 0 Å². The fourth-order valence-corrected chi connectivity index (χ4v) is 2.26. The lowest BCUT2D eigenvalue weighted by Crippen LogP contribution is -2.36. The van der Waals surface area contributed by atoms with E-state index in [0.29, 0.717) is 0 Å². The Balaban J connectivity index is 2.46. The van der Waals surface area contributed by atoms with E-state index in [9.17, 15) is 0 Å². The monoisotopic (exact) mass is 265 g/mol. The molecule has 19 heavy (non-hydrogen) atoms. The summed E-state index contributed by atoms with van der Waals surface area (Å²) >= 11 is 0. The second kappa shape index (κ2) is 6.08. The molecule has 0 saturated heterocycles. The molecule has 0 aromatic carbocycles. The van der Waals surface area contributed by atoms with E-state index >= 15 is 0 Å². The number of nitrogens with zero attached hydrogens (tertiary/aromatic N) is 2. The van der Waals surface area contributed by atoms with Gasteiger partial charge in [0.2, 0.25) is 0 Å². The minimum atomic E-state index is 0.139. The molecule has 0 bridgehead atoms. The molecule has 0 radical (unpaired) electrons. The zero-order valence-corrected chi connectivity index (χ0v) is 13.8. The van der Waals surface area contributed by atoms with E-state index < -0.39 is 0 Å². The third kappa shape index (κ3) is 5.77. The lowest BCUT2D eigenvalue weighted by molar-refractivity contribution is 0.418. The smallest absolute Gasteiger partial charge is 0.0709 e. The molecule has 3 nitrogen and oxygen atoms in total. The molecule has 1 N–H and O–H groups in total. The SMILES string of the molecule is Cn1cc(CCCCNC(C)(C)C)c(C(C)(C)C)n1.